The lowest BCUT2D eigenvalue weighted by molar-refractivity contribution is -0.123. The Balaban J connectivity index is 1.54. The molecule has 3 aromatic rings. The van der Waals surface area contributed by atoms with Crippen LogP contribution in [0.3, 0.4) is 0 Å². The fraction of sp³-hybridized carbons (Fsp3) is 0.222. The summed E-state index contributed by atoms with van der Waals surface area (Å²) in [6.45, 7) is 2.40. The molecular formula is C27H24BrN3O4S. The van der Waals surface area contributed by atoms with Crippen LogP contribution in [0.4, 0.5) is 5.69 Å². The Hall–Kier alpha value is -3.14. The zero-order chi connectivity index (χ0) is 25.4. The van der Waals surface area contributed by atoms with Gasteiger partial charge >= 0.3 is 0 Å². The average molecular weight is 566 g/mol. The molecule has 2 fully saturated rings. The number of imide groups is 1. The predicted octanol–water partition coefficient (Wildman–Crippen LogP) is 4.83. The maximum atomic E-state index is 13.8. The number of rotatable bonds is 6. The number of carbonyl (C=O) groups is 3. The molecule has 184 valence electrons. The Morgan fingerprint density at radius 2 is 1.75 bits per heavy atom. The highest BCUT2D eigenvalue weighted by atomic mass is 79.9. The van der Waals surface area contributed by atoms with Crippen LogP contribution in [0.15, 0.2) is 82.2 Å². The lowest BCUT2D eigenvalue weighted by Gasteiger charge is -2.25. The van der Waals surface area contributed by atoms with E-state index in [0.29, 0.717) is 23.6 Å². The molecule has 7 nitrogen and oxygen atoms in total. The minimum absolute atomic E-state index is 0.342. The van der Waals surface area contributed by atoms with Gasteiger partial charge in [0.15, 0.2) is 0 Å². The summed E-state index contributed by atoms with van der Waals surface area (Å²) >= 11 is 5.02. The molecule has 1 N–H and O–H groups in total. The molecule has 0 aliphatic carbocycles. The summed E-state index contributed by atoms with van der Waals surface area (Å²) in [5, 5.41) is 1.33. The van der Waals surface area contributed by atoms with E-state index >= 15 is 0 Å². The molecule has 3 amide bonds. The second-order valence-corrected chi connectivity index (χ2v) is 10.3. The molecule has 2 aliphatic heterocycles. The van der Waals surface area contributed by atoms with Crippen molar-refractivity contribution in [1.29, 1.82) is 0 Å². The van der Waals surface area contributed by atoms with E-state index in [-0.39, 0.29) is 11.8 Å². The summed E-state index contributed by atoms with van der Waals surface area (Å²) in [6, 6.07) is 20.1. The number of hydrogen-bond donors (Lipinski definition) is 1. The van der Waals surface area contributed by atoms with Crippen molar-refractivity contribution in [2.24, 2.45) is 5.92 Å². The fourth-order valence-corrected chi connectivity index (χ4v) is 5.54. The van der Waals surface area contributed by atoms with E-state index in [9.17, 15) is 14.4 Å². The van der Waals surface area contributed by atoms with Crippen LogP contribution in [0.2, 0.25) is 0 Å². The van der Waals surface area contributed by atoms with E-state index in [1.54, 1.807) is 54.2 Å². The smallest absolute Gasteiger partial charge is 0.268 e. The molecule has 0 saturated carbocycles. The first-order valence-corrected chi connectivity index (χ1v) is 13.5. The maximum absolute atomic E-state index is 13.8. The van der Waals surface area contributed by atoms with Crippen molar-refractivity contribution in [3.05, 3.63) is 88.4 Å². The van der Waals surface area contributed by atoms with Crippen LogP contribution in [0.5, 0.6) is 5.75 Å². The van der Waals surface area contributed by atoms with Gasteiger partial charge in [-0.2, -0.15) is 0 Å². The number of halogens is 1. The SMILES string of the molecule is CCOc1ccc(N2C(=O)C3C(c4ccc(SC)cc4)NN(C(=O)c4cccc(Br)c4)C3C2=O)cc1. The number of amides is 3. The number of hydrogen-bond acceptors (Lipinski definition) is 6. The highest BCUT2D eigenvalue weighted by Crippen LogP contribution is 2.42. The first-order chi connectivity index (χ1) is 17.4. The third-order valence-electron chi connectivity index (χ3n) is 6.41. The molecule has 2 aliphatic rings. The van der Waals surface area contributed by atoms with Gasteiger partial charge in [0.1, 0.15) is 11.8 Å². The monoisotopic (exact) mass is 565 g/mol. The molecule has 0 radical (unpaired) electrons. The van der Waals surface area contributed by atoms with Gasteiger partial charge in [0.25, 0.3) is 11.8 Å². The number of nitrogens with one attached hydrogen (secondary N) is 1. The zero-order valence-corrected chi connectivity index (χ0v) is 22.1. The van der Waals surface area contributed by atoms with Crippen LogP contribution >= 0.6 is 27.7 Å². The van der Waals surface area contributed by atoms with Crippen molar-refractivity contribution in [3.63, 3.8) is 0 Å². The molecule has 3 aromatic carbocycles. The van der Waals surface area contributed by atoms with Crippen LogP contribution in [-0.2, 0) is 9.59 Å². The van der Waals surface area contributed by atoms with Crippen LogP contribution < -0.4 is 15.1 Å². The summed E-state index contributed by atoms with van der Waals surface area (Å²) in [4.78, 5) is 43.3. The lowest BCUT2D eigenvalue weighted by Crippen LogP contribution is -2.48. The van der Waals surface area contributed by atoms with E-state index in [1.165, 1.54) is 9.91 Å². The maximum Gasteiger partial charge on any atom is 0.268 e. The Bertz CT molecular complexity index is 1320. The lowest BCUT2D eigenvalue weighted by atomic mass is 9.91. The highest BCUT2D eigenvalue weighted by molar-refractivity contribution is 9.10. The summed E-state index contributed by atoms with van der Waals surface area (Å²) in [5.74, 6) is -1.26. The third kappa shape index (κ3) is 4.31. The Morgan fingerprint density at radius 1 is 1.03 bits per heavy atom. The van der Waals surface area contributed by atoms with E-state index in [4.69, 9.17) is 4.74 Å². The van der Waals surface area contributed by atoms with Gasteiger partial charge in [0, 0.05) is 14.9 Å². The van der Waals surface area contributed by atoms with Crippen molar-refractivity contribution in [1.82, 2.24) is 10.4 Å². The molecule has 0 aromatic heterocycles. The second-order valence-electron chi connectivity index (χ2n) is 8.47. The Labute approximate surface area is 221 Å². The fourth-order valence-electron chi connectivity index (χ4n) is 4.74. The minimum Gasteiger partial charge on any atom is -0.494 e. The van der Waals surface area contributed by atoms with Crippen LogP contribution in [0.1, 0.15) is 28.9 Å². The molecule has 3 unspecified atom stereocenters. The van der Waals surface area contributed by atoms with Crippen molar-refractivity contribution in [3.8, 4) is 5.75 Å². The zero-order valence-electron chi connectivity index (χ0n) is 19.7. The summed E-state index contributed by atoms with van der Waals surface area (Å²) < 4.78 is 6.24. The Kier molecular flexibility index (Phi) is 6.87. The second kappa shape index (κ2) is 10.1. The minimum atomic E-state index is -0.972. The number of fused-ring (bicyclic) bond motifs is 1. The molecule has 3 atom stereocenters. The van der Waals surface area contributed by atoms with Crippen molar-refractivity contribution in [2.45, 2.75) is 23.9 Å². The number of carbonyl (C=O) groups excluding carboxylic acids is 3. The van der Waals surface area contributed by atoms with Gasteiger partial charge in [0.05, 0.1) is 24.3 Å². The molecule has 0 bridgehead atoms. The number of benzene rings is 3. The van der Waals surface area contributed by atoms with Gasteiger partial charge in [0.2, 0.25) is 5.91 Å². The molecule has 9 heteroatoms. The number of anilines is 1. The Morgan fingerprint density at radius 3 is 2.39 bits per heavy atom. The predicted molar refractivity (Wildman–Crippen MR) is 142 cm³/mol. The van der Waals surface area contributed by atoms with Gasteiger partial charge in [-0.25, -0.2) is 10.3 Å². The van der Waals surface area contributed by atoms with E-state index in [1.807, 2.05) is 43.5 Å². The van der Waals surface area contributed by atoms with E-state index in [2.05, 4.69) is 21.4 Å². The average Bonchev–Trinajstić information content (AvgIpc) is 3.41. The number of ether oxygens (including phenoxy) is 1. The van der Waals surface area contributed by atoms with Gasteiger partial charge < -0.3 is 4.74 Å². The van der Waals surface area contributed by atoms with Gasteiger partial charge in [-0.1, -0.05) is 34.1 Å². The molecule has 2 saturated heterocycles. The van der Waals surface area contributed by atoms with Crippen LogP contribution in [0, 0.1) is 5.92 Å². The van der Waals surface area contributed by atoms with Crippen molar-refractivity contribution >= 4 is 51.1 Å². The number of hydrazine groups is 1. The molecular weight excluding hydrogens is 542 g/mol. The van der Waals surface area contributed by atoms with Crippen molar-refractivity contribution in [2.75, 3.05) is 17.8 Å². The standard InChI is InChI=1S/C27H24BrN3O4S/c1-3-35-20-11-9-19(10-12-20)30-26(33)22-23(16-7-13-21(36-2)14-8-16)29-31(24(22)27(30)34)25(32)17-5-4-6-18(28)15-17/h4-15,22-24,29H,3H2,1-2H3. The summed E-state index contributed by atoms with van der Waals surface area (Å²) in [7, 11) is 0. The normalized spacial score (nSPS) is 21.1. The first-order valence-electron chi connectivity index (χ1n) is 11.5. The first kappa shape index (κ1) is 24.5. The quantitative estimate of drug-likeness (QED) is 0.340. The van der Waals surface area contributed by atoms with Gasteiger partial charge in [-0.15, -0.1) is 11.8 Å². The van der Waals surface area contributed by atoms with Crippen LogP contribution in [-0.4, -0.2) is 41.6 Å². The van der Waals surface area contributed by atoms with Crippen molar-refractivity contribution < 1.29 is 19.1 Å². The summed E-state index contributed by atoms with van der Waals surface area (Å²) in [6.07, 6.45) is 1.99. The van der Waals surface area contributed by atoms with E-state index < -0.39 is 23.9 Å². The summed E-state index contributed by atoms with van der Waals surface area (Å²) in [5.41, 5.74) is 4.90. The number of thioether (sulfide) groups is 1. The highest BCUT2D eigenvalue weighted by Gasteiger charge is 2.60. The topological polar surface area (TPSA) is 79.0 Å². The number of nitrogens with zero attached hydrogens (tertiary/aromatic N) is 2. The molecule has 36 heavy (non-hydrogen) atoms. The third-order valence-corrected chi connectivity index (χ3v) is 7.64. The molecule has 5 rings (SSSR count). The van der Waals surface area contributed by atoms with Gasteiger partial charge in [-0.3, -0.25) is 19.4 Å². The molecule has 0 spiro atoms. The largest absolute Gasteiger partial charge is 0.494 e. The van der Waals surface area contributed by atoms with Crippen LogP contribution in [0.25, 0.3) is 0 Å². The van der Waals surface area contributed by atoms with E-state index in [0.717, 1.165) is 14.9 Å². The molecule has 2 heterocycles. The van der Waals surface area contributed by atoms with Gasteiger partial charge in [-0.05, 0) is 73.3 Å².